The van der Waals surface area contributed by atoms with Gasteiger partial charge in [-0.3, -0.25) is 9.88 Å². The molecule has 0 bridgehead atoms. The lowest BCUT2D eigenvalue weighted by atomic mass is 10.00. The summed E-state index contributed by atoms with van der Waals surface area (Å²) in [6.07, 6.45) is 4.87. The normalized spacial score (nSPS) is 15.2. The van der Waals surface area contributed by atoms with Gasteiger partial charge in [-0.15, -0.1) is 0 Å². The van der Waals surface area contributed by atoms with Crippen molar-refractivity contribution >= 4 is 0 Å². The fraction of sp³-hybridized carbons (Fsp3) is 0.643. The van der Waals surface area contributed by atoms with Crippen molar-refractivity contribution in [1.29, 1.82) is 0 Å². The van der Waals surface area contributed by atoms with Crippen LogP contribution in [0.3, 0.4) is 0 Å². The van der Waals surface area contributed by atoms with Crippen LogP contribution in [-0.4, -0.2) is 29.5 Å². The van der Waals surface area contributed by atoms with E-state index < -0.39 is 0 Å². The van der Waals surface area contributed by atoms with Crippen LogP contribution < -0.4 is 5.73 Å². The van der Waals surface area contributed by atoms with Crippen LogP contribution in [0.1, 0.15) is 38.8 Å². The molecule has 0 fully saturated rings. The van der Waals surface area contributed by atoms with Crippen molar-refractivity contribution in [2.24, 2.45) is 11.7 Å². The van der Waals surface area contributed by atoms with Crippen LogP contribution in [0.5, 0.6) is 0 Å². The van der Waals surface area contributed by atoms with Crippen LogP contribution in [0.15, 0.2) is 24.5 Å². The van der Waals surface area contributed by atoms with Crippen molar-refractivity contribution in [3.05, 3.63) is 30.1 Å². The summed E-state index contributed by atoms with van der Waals surface area (Å²) in [6.45, 7) is 7.64. The molecule has 96 valence electrons. The SMILES string of the molecule is CC(C)CCN(C)C(c1ccncc1)C(C)N. The van der Waals surface area contributed by atoms with E-state index in [0.29, 0.717) is 0 Å². The molecular formula is C14H25N3. The molecule has 0 aliphatic carbocycles. The summed E-state index contributed by atoms with van der Waals surface area (Å²) >= 11 is 0. The van der Waals surface area contributed by atoms with Gasteiger partial charge in [0, 0.05) is 24.5 Å². The predicted molar refractivity (Wildman–Crippen MR) is 72.7 cm³/mol. The molecule has 0 amide bonds. The van der Waals surface area contributed by atoms with Crippen molar-refractivity contribution in [3.8, 4) is 0 Å². The van der Waals surface area contributed by atoms with Crippen LogP contribution in [-0.2, 0) is 0 Å². The van der Waals surface area contributed by atoms with Gasteiger partial charge in [-0.05, 0) is 50.6 Å². The van der Waals surface area contributed by atoms with E-state index in [0.717, 1.165) is 12.5 Å². The molecule has 3 nitrogen and oxygen atoms in total. The number of pyridine rings is 1. The molecule has 2 unspecified atom stereocenters. The van der Waals surface area contributed by atoms with Crippen molar-refractivity contribution in [1.82, 2.24) is 9.88 Å². The molecule has 2 atom stereocenters. The van der Waals surface area contributed by atoms with Crippen LogP contribution >= 0.6 is 0 Å². The minimum atomic E-state index is 0.120. The molecule has 0 radical (unpaired) electrons. The Bertz CT molecular complexity index is 309. The standard InChI is InChI=1S/C14H25N3/c1-11(2)7-10-17(4)14(12(3)15)13-5-8-16-9-6-13/h5-6,8-9,11-12,14H,7,10,15H2,1-4H3. The molecule has 2 N–H and O–H groups in total. The number of hydrogen-bond donors (Lipinski definition) is 1. The molecule has 0 saturated heterocycles. The molecule has 1 aromatic rings. The van der Waals surface area contributed by atoms with E-state index >= 15 is 0 Å². The highest BCUT2D eigenvalue weighted by atomic mass is 15.1. The van der Waals surface area contributed by atoms with Gasteiger partial charge in [0.25, 0.3) is 0 Å². The first-order chi connectivity index (χ1) is 8.02. The number of likely N-dealkylation sites (N-methyl/N-ethyl adjacent to an activating group) is 1. The summed E-state index contributed by atoms with van der Waals surface area (Å²) in [5, 5.41) is 0. The van der Waals surface area contributed by atoms with E-state index in [2.05, 4.69) is 49.8 Å². The molecule has 0 spiro atoms. The lowest BCUT2D eigenvalue weighted by molar-refractivity contribution is 0.208. The molecule has 1 heterocycles. The lowest BCUT2D eigenvalue weighted by Gasteiger charge is -2.31. The van der Waals surface area contributed by atoms with Crippen LogP contribution in [0, 0.1) is 5.92 Å². The Balaban J connectivity index is 2.72. The van der Waals surface area contributed by atoms with E-state index in [1.807, 2.05) is 12.4 Å². The van der Waals surface area contributed by atoms with E-state index in [1.165, 1.54) is 12.0 Å². The van der Waals surface area contributed by atoms with Gasteiger partial charge < -0.3 is 5.73 Å². The van der Waals surface area contributed by atoms with Crippen LogP contribution in [0.4, 0.5) is 0 Å². The van der Waals surface area contributed by atoms with Crippen molar-refractivity contribution < 1.29 is 0 Å². The Kier molecular flexibility index (Phi) is 5.59. The first kappa shape index (κ1) is 14.1. The maximum Gasteiger partial charge on any atom is 0.0494 e. The molecule has 0 aliphatic rings. The zero-order chi connectivity index (χ0) is 12.8. The third kappa shape index (κ3) is 4.44. The number of nitrogens with two attached hydrogens (primary N) is 1. The van der Waals surface area contributed by atoms with Gasteiger partial charge in [0.05, 0.1) is 0 Å². The number of hydrogen-bond acceptors (Lipinski definition) is 3. The van der Waals surface area contributed by atoms with Crippen molar-refractivity contribution in [2.45, 2.75) is 39.3 Å². The Morgan fingerprint density at radius 1 is 1.24 bits per heavy atom. The van der Waals surface area contributed by atoms with Crippen molar-refractivity contribution in [2.75, 3.05) is 13.6 Å². The largest absolute Gasteiger partial charge is 0.326 e. The minimum absolute atomic E-state index is 0.120. The van der Waals surface area contributed by atoms with Crippen LogP contribution in [0.25, 0.3) is 0 Å². The van der Waals surface area contributed by atoms with E-state index in [1.54, 1.807) is 0 Å². The monoisotopic (exact) mass is 235 g/mol. The topological polar surface area (TPSA) is 42.2 Å². The number of aromatic nitrogens is 1. The summed E-state index contributed by atoms with van der Waals surface area (Å²) in [5.41, 5.74) is 7.37. The minimum Gasteiger partial charge on any atom is -0.326 e. The zero-order valence-electron chi connectivity index (χ0n) is 11.4. The first-order valence-electron chi connectivity index (χ1n) is 6.38. The average Bonchev–Trinajstić information content (AvgIpc) is 2.27. The van der Waals surface area contributed by atoms with Gasteiger partial charge in [0.1, 0.15) is 0 Å². The fourth-order valence-corrected chi connectivity index (χ4v) is 2.12. The number of rotatable bonds is 6. The van der Waals surface area contributed by atoms with Gasteiger partial charge in [0.15, 0.2) is 0 Å². The maximum atomic E-state index is 6.11. The van der Waals surface area contributed by atoms with Gasteiger partial charge in [-0.1, -0.05) is 13.8 Å². The highest BCUT2D eigenvalue weighted by molar-refractivity contribution is 5.16. The van der Waals surface area contributed by atoms with E-state index in [4.69, 9.17) is 5.73 Å². The second kappa shape index (κ2) is 6.72. The Morgan fingerprint density at radius 3 is 2.29 bits per heavy atom. The fourth-order valence-electron chi connectivity index (χ4n) is 2.12. The van der Waals surface area contributed by atoms with Crippen LogP contribution in [0.2, 0.25) is 0 Å². The summed E-state index contributed by atoms with van der Waals surface area (Å²) in [6, 6.07) is 4.51. The molecular weight excluding hydrogens is 210 g/mol. The van der Waals surface area contributed by atoms with Gasteiger partial charge in [-0.25, -0.2) is 0 Å². The Hall–Kier alpha value is -0.930. The molecule has 1 aromatic heterocycles. The number of nitrogens with zero attached hydrogens (tertiary/aromatic N) is 2. The maximum absolute atomic E-state index is 6.11. The second-order valence-corrected chi connectivity index (χ2v) is 5.25. The highest BCUT2D eigenvalue weighted by Crippen LogP contribution is 2.22. The van der Waals surface area contributed by atoms with E-state index in [9.17, 15) is 0 Å². The Labute approximate surface area is 105 Å². The Morgan fingerprint density at radius 2 is 1.82 bits per heavy atom. The van der Waals surface area contributed by atoms with Gasteiger partial charge in [-0.2, -0.15) is 0 Å². The van der Waals surface area contributed by atoms with E-state index in [-0.39, 0.29) is 12.1 Å². The molecule has 0 aliphatic heterocycles. The summed E-state index contributed by atoms with van der Waals surface area (Å²) in [5.74, 6) is 0.726. The van der Waals surface area contributed by atoms with Gasteiger partial charge >= 0.3 is 0 Å². The predicted octanol–water partition coefficient (Wildman–Crippen LogP) is 2.45. The third-order valence-corrected chi connectivity index (χ3v) is 3.08. The lowest BCUT2D eigenvalue weighted by Crippen LogP contribution is -2.38. The molecule has 1 rings (SSSR count). The quantitative estimate of drug-likeness (QED) is 0.823. The summed E-state index contributed by atoms with van der Waals surface area (Å²) < 4.78 is 0. The third-order valence-electron chi connectivity index (χ3n) is 3.08. The smallest absolute Gasteiger partial charge is 0.0494 e. The van der Waals surface area contributed by atoms with Crippen molar-refractivity contribution in [3.63, 3.8) is 0 Å². The first-order valence-corrected chi connectivity index (χ1v) is 6.38. The summed E-state index contributed by atoms with van der Waals surface area (Å²) in [4.78, 5) is 6.41. The molecule has 3 heteroatoms. The van der Waals surface area contributed by atoms with Gasteiger partial charge in [0.2, 0.25) is 0 Å². The molecule has 0 saturated carbocycles. The molecule has 0 aromatic carbocycles. The summed E-state index contributed by atoms with van der Waals surface area (Å²) in [7, 11) is 2.15. The highest BCUT2D eigenvalue weighted by Gasteiger charge is 2.20. The zero-order valence-corrected chi connectivity index (χ0v) is 11.4. The second-order valence-electron chi connectivity index (χ2n) is 5.25. The molecule has 17 heavy (non-hydrogen) atoms. The average molecular weight is 235 g/mol.